The van der Waals surface area contributed by atoms with E-state index in [4.69, 9.17) is 10.00 Å². The molecule has 0 bridgehead atoms. The number of aryl methyl sites for hydroxylation is 2. The molecule has 2 aromatic carbocycles. The zero-order valence-corrected chi connectivity index (χ0v) is 11.8. The molecular formula is C16H14N2O3. The Hall–Kier alpha value is -2.87. The Morgan fingerprint density at radius 3 is 2.62 bits per heavy atom. The van der Waals surface area contributed by atoms with Crippen molar-refractivity contribution in [2.45, 2.75) is 20.5 Å². The van der Waals surface area contributed by atoms with Crippen LogP contribution in [0.5, 0.6) is 5.75 Å². The van der Waals surface area contributed by atoms with Crippen LogP contribution in [0, 0.1) is 35.3 Å². The number of hydrogen-bond donors (Lipinski definition) is 0. The first-order chi connectivity index (χ1) is 10.0. The first-order valence-corrected chi connectivity index (χ1v) is 6.39. The summed E-state index contributed by atoms with van der Waals surface area (Å²) in [6, 6.07) is 12.3. The van der Waals surface area contributed by atoms with Crippen molar-refractivity contribution in [1.82, 2.24) is 0 Å². The Morgan fingerprint density at radius 1 is 1.24 bits per heavy atom. The minimum absolute atomic E-state index is 0.0104. The van der Waals surface area contributed by atoms with E-state index in [2.05, 4.69) is 6.07 Å². The van der Waals surface area contributed by atoms with Crippen LogP contribution in [-0.2, 0) is 6.61 Å². The minimum atomic E-state index is -0.434. The molecule has 2 aromatic rings. The molecule has 0 saturated heterocycles. The van der Waals surface area contributed by atoms with Crippen LogP contribution < -0.4 is 4.74 Å². The Labute approximate surface area is 122 Å². The van der Waals surface area contributed by atoms with Crippen LogP contribution in [0.3, 0.4) is 0 Å². The smallest absolute Gasteiger partial charge is 0.313 e. The molecule has 0 heterocycles. The molecule has 106 valence electrons. The second-order valence-corrected chi connectivity index (χ2v) is 4.72. The maximum absolute atomic E-state index is 11.1. The van der Waals surface area contributed by atoms with Crippen LogP contribution in [0.15, 0.2) is 36.4 Å². The first kappa shape index (κ1) is 14.5. The molecule has 0 atom stereocenters. The topological polar surface area (TPSA) is 76.2 Å². The van der Waals surface area contributed by atoms with Crippen molar-refractivity contribution >= 4 is 5.69 Å². The summed E-state index contributed by atoms with van der Waals surface area (Å²) in [6.45, 7) is 3.78. The number of ether oxygens (including phenoxy) is 1. The van der Waals surface area contributed by atoms with Crippen molar-refractivity contribution in [3.63, 3.8) is 0 Å². The van der Waals surface area contributed by atoms with Gasteiger partial charge in [0.1, 0.15) is 6.61 Å². The monoisotopic (exact) mass is 282 g/mol. The summed E-state index contributed by atoms with van der Waals surface area (Å²) >= 11 is 0. The van der Waals surface area contributed by atoms with Gasteiger partial charge in [0.25, 0.3) is 0 Å². The number of nitro groups is 1. The van der Waals surface area contributed by atoms with Crippen LogP contribution in [0.1, 0.15) is 22.3 Å². The summed E-state index contributed by atoms with van der Waals surface area (Å²) in [5.41, 5.74) is 2.95. The number of hydrogen-bond acceptors (Lipinski definition) is 4. The van der Waals surface area contributed by atoms with Gasteiger partial charge in [-0.15, -0.1) is 0 Å². The molecular weight excluding hydrogens is 268 g/mol. The largest absolute Gasteiger partial charge is 0.482 e. The van der Waals surface area contributed by atoms with Gasteiger partial charge in [-0.05, 0) is 43.2 Å². The van der Waals surface area contributed by atoms with Crippen LogP contribution >= 0.6 is 0 Å². The van der Waals surface area contributed by atoms with E-state index in [-0.39, 0.29) is 18.0 Å². The van der Waals surface area contributed by atoms with E-state index in [1.807, 2.05) is 6.92 Å². The molecule has 0 saturated carbocycles. The van der Waals surface area contributed by atoms with Gasteiger partial charge in [0.2, 0.25) is 0 Å². The molecule has 0 unspecified atom stereocenters. The van der Waals surface area contributed by atoms with E-state index in [9.17, 15) is 10.1 Å². The maximum Gasteiger partial charge on any atom is 0.313 e. The number of rotatable bonds is 4. The van der Waals surface area contributed by atoms with E-state index in [0.717, 1.165) is 11.1 Å². The van der Waals surface area contributed by atoms with Crippen molar-refractivity contribution in [3.8, 4) is 11.8 Å². The highest BCUT2D eigenvalue weighted by Crippen LogP contribution is 2.30. The van der Waals surface area contributed by atoms with Gasteiger partial charge in [-0.3, -0.25) is 10.1 Å². The minimum Gasteiger partial charge on any atom is -0.482 e. The van der Waals surface area contributed by atoms with Gasteiger partial charge in [0, 0.05) is 5.56 Å². The predicted molar refractivity (Wildman–Crippen MR) is 78.1 cm³/mol. The molecule has 5 heteroatoms. The van der Waals surface area contributed by atoms with E-state index < -0.39 is 4.92 Å². The number of nitriles is 1. The van der Waals surface area contributed by atoms with E-state index in [1.54, 1.807) is 43.3 Å². The van der Waals surface area contributed by atoms with Crippen molar-refractivity contribution in [1.29, 1.82) is 5.26 Å². The quantitative estimate of drug-likeness (QED) is 0.633. The Balaban J connectivity index is 2.23. The number of benzene rings is 2. The summed E-state index contributed by atoms with van der Waals surface area (Å²) < 4.78 is 5.60. The van der Waals surface area contributed by atoms with Crippen molar-refractivity contribution < 1.29 is 9.66 Å². The summed E-state index contributed by atoms with van der Waals surface area (Å²) in [7, 11) is 0. The van der Waals surface area contributed by atoms with Gasteiger partial charge in [-0.1, -0.05) is 18.2 Å². The molecule has 0 aromatic heterocycles. The second-order valence-electron chi connectivity index (χ2n) is 4.72. The van der Waals surface area contributed by atoms with Crippen LogP contribution in [0.25, 0.3) is 0 Å². The zero-order valence-electron chi connectivity index (χ0n) is 11.8. The SMILES string of the molecule is Cc1cc(C#N)ccc1COc1cccc(C)c1[N+](=O)[O-]. The fourth-order valence-corrected chi connectivity index (χ4v) is 2.07. The highest BCUT2D eigenvalue weighted by atomic mass is 16.6. The number of nitrogens with zero attached hydrogens (tertiary/aromatic N) is 2. The van der Waals surface area contributed by atoms with E-state index >= 15 is 0 Å². The van der Waals surface area contributed by atoms with Crippen molar-refractivity contribution in [2.75, 3.05) is 0 Å². The first-order valence-electron chi connectivity index (χ1n) is 6.39. The lowest BCUT2D eigenvalue weighted by molar-refractivity contribution is -0.386. The molecule has 0 N–H and O–H groups in total. The molecule has 0 radical (unpaired) electrons. The molecule has 0 spiro atoms. The summed E-state index contributed by atoms with van der Waals surface area (Å²) in [4.78, 5) is 10.7. The lowest BCUT2D eigenvalue weighted by atomic mass is 10.1. The van der Waals surface area contributed by atoms with Crippen LogP contribution in [0.4, 0.5) is 5.69 Å². The van der Waals surface area contributed by atoms with Crippen LogP contribution in [0.2, 0.25) is 0 Å². The summed E-state index contributed by atoms with van der Waals surface area (Å²) in [5.74, 6) is 0.253. The maximum atomic E-state index is 11.1. The van der Waals surface area contributed by atoms with E-state index in [0.29, 0.717) is 11.1 Å². The average Bonchev–Trinajstić information content (AvgIpc) is 2.45. The fraction of sp³-hybridized carbons (Fsp3) is 0.188. The summed E-state index contributed by atoms with van der Waals surface area (Å²) in [6.07, 6.45) is 0. The molecule has 0 aliphatic heterocycles. The lowest BCUT2D eigenvalue weighted by Crippen LogP contribution is -2.02. The Kier molecular flexibility index (Phi) is 4.19. The zero-order chi connectivity index (χ0) is 15.4. The van der Waals surface area contributed by atoms with Gasteiger partial charge < -0.3 is 4.74 Å². The average molecular weight is 282 g/mol. The molecule has 5 nitrogen and oxygen atoms in total. The normalized spacial score (nSPS) is 9.95. The molecule has 0 aliphatic carbocycles. The lowest BCUT2D eigenvalue weighted by Gasteiger charge is -2.10. The molecule has 0 amide bonds. The third-order valence-corrected chi connectivity index (χ3v) is 3.24. The number of nitro benzene ring substituents is 1. The van der Waals surface area contributed by atoms with Gasteiger partial charge in [0.15, 0.2) is 5.75 Å². The standard InChI is InChI=1S/C16H14N2O3/c1-11-4-3-5-15(16(11)18(19)20)21-10-14-7-6-13(9-17)8-12(14)2/h3-8H,10H2,1-2H3. The van der Waals surface area contributed by atoms with Gasteiger partial charge in [-0.25, -0.2) is 0 Å². The van der Waals surface area contributed by atoms with Crippen molar-refractivity contribution in [3.05, 3.63) is 68.8 Å². The molecule has 2 rings (SSSR count). The third-order valence-electron chi connectivity index (χ3n) is 3.24. The second kappa shape index (κ2) is 6.06. The third kappa shape index (κ3) is 3.18. The summed E-state index contributed by atoms with van der Waals surface area (Å²) in [5, 5.41) is 19.9. The molecule has 21 heavy (non-hydrogen) atoms. The highest BCUT2D eigenvalue weighted by Gasteiger charge is 2.18. The fourth-order valence-electron chi connectivity index (χ4n) is 2.07. The van der Waals surface area contributed by atoms with Gasteiger partial charge >= 0.3 is 5.69 Å². The number of para-hydroxylation sites is 1. The van der Waals surface area contributed by atoms with E-state index in [1.165, 1.54) is 0 Å². The highest BCUT2D eigenvalue weighted by molar-refractivity contribution is 5.52. The van der Waals surface area contributed by atoms with Crippen molar-refractivity contribution in [2.24, 2.45) is 0 Å². The predicted octanol–water partition coefficient (Wildman–Crippen LogP) is 3.66. The van der Waals surface area contributed by atoms with Crippen LogP contribution in [-0.4, -0.2) is 4.92 Å². The molecule has 0 fully saturated rings. The van der Waals surface area contributed by atoms with Gasteiger partial charge in [0.05, 0.1) is 16.6 Å². The Bertz CT molecular complexity index is 733. The molecule has 0 aliphatic rings. The van der Waals surface area contributed by atoms with Gasteiger partial charge in [-0.2, -0.15) is 5.26 Å². The Morgan fingerprint density at radius 2 is 2.00 bits per heavy atom.